The van der Waals surface area contributed by atoms with Gasteiger partial charge >= 0.3 is 0 Å². The minimum atomic E-state index is -2.83. The second-order valence-corrected chi connectivity index (χ2v) is 7.85. The Morgan fingerprint density at radius 3 is 2.65 bits per heavy atom. The second-order valence-electron chi connectivity index (χ2n) is 4.33. The van der Waals surface area contributed by atoms with Crippen molar-refractivity contribution in [1.82, 2.24) is 4.90 Å². The van der Waals surface area contributed by atoms with Gasteiger partial charge in [-0.3, -0.25) is 4.79 Å². The summed E-state index contributed by atoms with van der Waals surface area (Å²) in [5.74, 6) is 0.993. The highest BCUT2D eigenvalue weighted by Gasteiger charge is 2.29. The van der Waals surface area contributed by atoms with Crippen LogP contribution in [0.25, 0.3) is 0 Å². The molecule has 0 N–H and O–H groups in total. The standard InChI is InChI=1S/C10H17NO4S2/c12-10(11-2-4-15-5-3-11)7-16-9-1-6-17(13,14)8-9/h9H,1-8H2. The summed E-state index contributed by atoms with van der Waals surface area (Å²) < 4.78 is 27.7. The number of rotatable bonds is 3. The maximum absolute atomic E-state index is 11.8. The van der Waals surface area contributed by atoms with Gasteiger partial charge in [0.25, 0.3) is 0 Å². The van der Waals surface area contributed by atoms with Crippen molar-refractivity contribution in [3.63, 3.8) is 0 Å². The summed E-state index contributed by atoms with van der Waals surface area (Å²) in [6.45, 7) is 2.52. The molecule has 2 aliphatic rings. The molecule has 0 aliphatic carbocycles. The van der Waals surface area contributed by atoms with Crippen LogP contribution in [0.4, 0.5) is 0 Å². The topological polar surface area (TPSA) is 63.7 Å². The van der Waals surface area contributed by atoms with Gasteiger partial charge in [-0.15, -0.1) is 11.8 Å². The van der Waals surface area contributed by atoms with Crippen LogP contribution in [0.1, 0.15) is 6.42 Å². The summed E-state index contributed by atoms with van der Waals surface area (Å²) in [4.78, 5) is 13.6. The van der Waals surface area contributed by atoms with Gasteiger partial charge in [0, 0.05) is 18.3 Å². The Labute approximate surface area is 106 Å². The van der Waals surface area contributed by atoms with Gasteiger partial charge in [-0.25, -0.2) is 8.42 Å². The minimum absolute atomic E-state index is 0.0996. The van der Waals surface area contributed by atoms with E-state index in [0.717, 1.165) is 0 Å². The highest BCUT2D eigenvalue weighted by molar-refractivity contribution is 8.02. The Morgan fingerprint density at radius 1 is 1.35 bits per heavy atom. The zero-order valence-electron chi connectivity index (χ0n) is 9.63. The van der Waals surface area contributed by atoms with E-state index in [4.69, 9.17) is 4.74 Å². The van der Waals surface area contributed by atoms with Gasteiger partial charge in [0.05, 0.1) is 30.5 Å². The summed E-state index contributed by atoms with van der Waals surface area (Å²) >= 11 is 1.48. The number of carbonyl (C=O) groups excluding carboxylic acids is 1. The Balaban J connectivity index is 1.73. The monoisotopic (exact) mass is 279 g/mol. The molecule has 2 rings (SSSR count). The molecule has 1 amide bonds. The summed E-state index contributed by atoms with van der Waals surface area (Å²) in [5, 5.41) is 0.102. The van der Waals surface area contributed by atoms with Crippen molar-refractivity contribution >= 4 is 27.5 Å². The van der Waals surface area contributed by atoms with E-state index in [-0.39, 0.29) is 22.7 Å². The average molecular weight is 279 g/mol. The third-order valence-electron chi connectivity index (χ3n) is 3.00. The Hall–Kier alpha value is -0.270. The number of carbonyl (C=O) groups is 1. The molecule has 2 aliphatic heterocycles. The van der Waals surface area contributed by atoms with Gasteiger partial charge in [-0.2, -0.15) is 0 Å². The average Bonchev–Trinajstić information content (AvgIpc) is 2.67. The molecule has 2 heterocycles. The van der Waals surface area contributed by atoms with E-state index < -0.39 is 9.84 Å². The molecule has 1 unspecified atom stereocenters. The Kier molecular flexibility index (Phi) is 4.32. The zero-order chi connectivity index (χ0) is 12.3. The molecule has 5 nitrogen and oxygen atoms in total. The van der Waals surface area contributed by atoms with E-state index in [9.17, 15) is 13.2 Å². The van der Waals surface area contributed by atoms with Crippen LogP contribution in [-0.4, -0.2) is 68.0 Å². The first-order chi connectivity index (χ1) is 8.07. The predicted octanol–water partition coefficient (Wildman–Crippen LogP) is -0.234. The lowest BCUT2D eigenvalue weighted by Crippen LogP contribution is -2.41. The van der Waals surface area contributed by atoms with Crippen molar-refractivity contribution in [3.05, 3.63) is 0 Å². The molecule has 98 valence electrons. The van der Waals surface area contributed by atoms with Gasteiger partial charge in [0.15, 0.2) is 9.84 Å². The molecule has 2 fully saturated rings. The lowest BCUT2D eigenvalue weighted by Gasteiger charge is -2.27. The van der Waals surface area contributed by atoms with Crippen LogP contribution in [0.2, 0.25) is 0 Å². The van der Waals surface area contributed by atoms with Crippen LogP contribution in [0, 0.1) is 0 Å². The molecule has 0 spiro atoms. The molecule has 17 heavy (non-hydrogen) atoms. The number of hydrogen-bond acceptors (Lipinski definition) is 5. The third-order valence-corrected chi connectivity index (χ3v) is 6.26. The highest BCUT2D eigenvalue weighted by Crippen LogP contribution is 2.24. The fourth-order valence-electron chi connectivity index (χ4n) is 1.99. The number of sulfone groups is 1. The van der Waals surface area contributed by atoms with E-state index in [2.05, 4.69) is 0 Å². The molecule has 1 atom stereocenters. The summed E-state index contributed by atoms with van der Waals surface area (Å²) in [6.07, 6.45) is 0.684. The van der Waals surface area contributed by atoms with Crippen molar-refractivity contribution in [1.29, 1.82) is 0 Å². The molecule has 0 radical (unpaired) electrons. The largest absolute Gasteiger partial charge is 0.378 e. The third kappa shape index (κ3) is 3.86. The Bertz CT molecular complexity index is 376. The van der Waals surface area contributed by atoms with E-state index in [1.165, 1.54) is 11.8 Å². The molecule has 0 saturated carbocycles. The summed E-state index contributed by atoms with van der Waals surface area (Å²) in [6, 6.07) is 0. The van der Waals surface area contributed by atoms with Gasteiger partial charge in [0.1, 0.15) is 0 Å². The van der Waals surface area contributed by atoms with Gasteiger partial charge in [-0.05, 0) is 6.42 Å². The first-order valence-corrected chi connectivity index (χ1v) is 8.61. The molecule has 2 saturated heterocycles. The van der Waals surface area contributed by atoms with E-state index in [0.29, 0.717) is 38.5 Å². The summed E-state index contributed by atoms with van der Waals surface area (Å²) in [5.41, 5.74) is 0. The number of amides is 1. The molecule has 0 aromatic carbocycles. The maximum Gasteiger partial charge on any atom is 0.232 e. The van der Waals surface area contributed by atoms with Crippen molar-refractivity contribution in [2.45, 2.75) is 11.7 Å². The summed E-state index contributed by atoms with van der Waals surface area (Å²) in [7, 11) is -2.83. The van der Waals surface area contributed by atoms with Crippen molar-refractivity contribution in [2.75, 3.05) is 43.6 Å². The fourth-order valence-corrected chi connectivity index (χ4v) is 5.53. The normalized spacial score (nSPS) is 28.2. The first-order valence-electron chi connectivity index (χ1n) is 5.74. The highest BCUT2D eigenvalue weighted by atomic mass is 32.2. The smallest absolute Gasteiger partial charge is 0.232 e. The molecule has 7 heteroatoms. The van der Waals surface area contributed by atoms with Crippen LogP contribution >= 0.6 is 11.8 Å². The molecular formula is C10H17NO4S2. The number of nitrogens with zero attached hydrogens (tertiary/aromatic N) is 1. The van der Waals surface area contributed by atoms with E-state index >= 15 is 0 Å². The lowest BCUT2D eigenvalue weighted by molar-refractivity contribution is -0.132. The number of ether oxygens (including phenoxy) is 1. The van der Waals surface area contributed by atoms with E-state index in [1.807, 2.05) is 0 Å². The first kappa shape index (κ1) is 13.2. The number of hydrogen-bond donors (Lipinski definition) is 0. The fraction of sp³-hybridized carbons (Fsp3) is 0.900. The molecule has 0 aromatic heterocycles. The number of morpholine rings is 1. The Morgan fingerprint density at radius 2 is 2.06 bits per heavy atom. The van der Waals surface area contributed by atoms with Crippen LogP contribution < -0.4 is 0 Å². The van der Waals surface area contributed by atoms with Crippen LogP contribution in [0.3, 0.4) is 0 Å². The lowest BCUT2D eigenvalue weighted by atomic mass is 10.4. The number of thioether (sulfide) groups is 1. The molecular weight excluding hydrogens is 262 g/mol. The minimum Gasteiger partial charge on any atom is -0.378 e. The predicted molar refractivity (Wildman–Crippen MR) is 66.9 cm³/mol. The van der Waals surface area contributed by atoms with Gasteiger partial charge in [-0.1, -0.05) is 0 Å². The second kappa shape index (κ2) is 5.58. The van der Waals surface area contributed by atoms with Gasteiger partial charge < -0.3 is 9.64 Å². The van der Waals surface area contributed by atoms with Gasteiger partial charge in [0.2, 0.25) is 5.91 Å². The van der Waals surface area contributed by atoms with Crippen LogP contribution in [0.15, 0.2) is 0 Å². The van der Waals surface area contributed by atoms with Crippen molar-refractivity contribution < 1.29 is 17.9 Å². The molecule has 0 bridgehead atoms. The van der Waals surface area contributed by atoms with Crippen LogP contribution in [0.5, 0.6) is 0 Å². The zero-order valence-corrected chi connectivity index (χ0v) is 11.3. The quantitative estimate of drug-likeness (QED) is 0.714. The SMILES string of the molecule is O=C(CSC1CCS(=O)(=O)C1)N1CCOCC1. The van der Waals surface area contributed by atoms with Crippen molar-refractivity contribution in [3.8, 4) is 0 Å². The van der Waals surface area contributed by atoms with Crippen molar-refractivity contribution in [2.24, 2.45) is 0 Å². The van der Waals surface area contributed by atoms with Crippen LogP contribution in [-0.2, 0) is 19.4 Å². The maximum atomic E-state index is 11.8. The van der Waals surface area contributed by atoms with E-state index in [1.54, 1.807) is 4.90 Å². The molecule has 0 aromatic rings.